The first-order valence-corrected chi connectivity index (χ1v) is 11.5. The van der Waals surface area contributed by atoms with Crippen LogP contribution in [0.2, 0.25) is 0 Å². The van der Waals surface area contributed by atoms with E-state index in [-0.39, 0.29) is 29.9 Å². The van der Waals surface area contributed by atoms with Crippen molar-refractivity contribution < 1.29 is 9.21 Å². The van der Waals surface area contributed by atoms with Crippen molar-refractivity contribution in [2.45, 2.75) is 58.9 Å². The number of furan rings is 1. The predicted octanol–water partition coefficient (Wildman–Crippen LogP) is 4.58. The number of hydrogen-bond acceptors (Lipinski definition) is 3. The molecule has 1 saturated heterocycles. The molecule has 0 bridgehead atoms. The third-order valence-corrected chi connectivity index (χ3v) is 5.93. The van der Waals surface area contributed by atoms with Gasteiger partial charge in [-0.1, -0.05) is 32.0 Å². The van der Waals surface area contributed by atoms with E-state index in [9.17, 15) is 4.79 Å². The van der Waals surface area contributed by atoms with Gasteiger partial charge >= 0.3 is 0 Å². The fourth-order valence-electron chi connectivity index (χ4n) is 4.09. The van der Waals surface area contributed by atoms with Crippen molar-refractivity contribution in [2.75, 3.05) is 26.2 Å². The predicted molar refractivity (Wildman–Crippen MR) is 138 cm³/mol. The number of para-hydroxylation sites is 1. The minimum atomic E-state index is 0. The summed E-state index contributed by atoms with van der Waals surface area (Å²) in [6.45, 7) is 9.42. The van der Waals surface area contributed by atoms with Crippen molar-refractivity contribution in [3.8, 4) is 0 Å². The molecular weight excluding hydrogens is 503 g/mol. The molecule has 2 N–H and O–H groups in total. The molecule has 1 aliphatic heterocycles. The Morgan fingerprint density at radius 3 is 2.55 bits per heavy atom. The second kappa shape index (κ2) is 12.9. The van der Waals surface area contributed by atoms with Crippen LogP contribution in [-0.2, 0) is 11.2 Å². The molecule has 0 aliphatic carbocycles. The lowest BCUT2D eigenvalue weighted by Crippen LogP contribution is -2.50. The molecular formula is C24H37IN4O2. The van der Waals surface area contributed by atoms with Gasteiger partial charge in [0.15, 0.2) is 5.96 Å². The summed E-state index contributed by atoms with van der Waals surface area (Å²) in [5, 5.41) is 8.03. The molecule has 7 heteroatoms. The molecule has 1 aliphatic rings. The molecule has 0 atom stereocenters. The van der Waals surface area contributed by atoms with Gasteiger partial charge in [0.2, 0.25) is 5.91 Å². The van der Waals surface area contributed by atoms with Crippen LogP contribution in [0.4, 0.5) is 0 Å². The molecule has 0 saturated carbocycles. The molecule has 1 aromatic heterocycles. The highest BCUT2D eigenvalue weighted by Crippen LogP contribution is 2.19. The monoisotopic (exact) mass is 540 g/mol. The number of halogens is 1. The number of guanidine groups is 1. The van der Waals surface area contributed by atoms with Crippen LogP contribution in [0.3, 0.4) is 0 Å². The van der Waals surface area contributed by atoms with Crippen LogP contribution in [0.15, 0.2) is 39.7 Å². The lowest BCUT2D eigenvalue weighted by atomic mass is 9.98. The van der Waals surface area contributed by atoms with Crippen molar-refractivity contribution in [1.82, 2.24) is 15.5 Å². The van der Waals surface area contributed by atoms with Crippen LogP contribution in [0.25, 0.3) is 11.0 Å². The molecule has 31 heavy (non-hydrogen) atoms. The second-order valence-electron chi connectivity index (χ2n) is 8.02. The first-order valence-electron chi connectivity index (χ1n) is 11.5. The summed E-state index contributed by atoms with van der Waals surface area (Å²) in [6.07, 6.45) is 4.54. The zero-order valence-electron chi connectivity index (χ0n) is 19.0. The first-order chi connectivity index (χ1) is 14.6. The van der Waals surface area contributed by atoms with Gasteiger partial charge in [-0.05, 0) is 44.7 Å². The van der Waals surface area contributed by atoms with E-state index < -0.39 is 0 Å². The number of likely N-dealkylation sites (tertiary alicyclic amines) is 1. The van der Waals surface area contributed by atoms with E-state index in [4.69, 9.17) is 9.41 Å². The lowest BCUT2D eigenvalue weighted by molar-refractivity contribution is -0.136. The molecule has 0 unspecified atom stereocenters. The highest BCUT2D eigenvalue weighted by Gasteiger charge is 2.26. The zero-order chi connectivity index (χ0) is 21.3. The Morgan fingerprint density at radius 1 is 1.19 bits per heavy atom. The Balaban J connectivity index is 0.00000341. The number of rotatable bonds is 8. The van der Waals surface area contributed by atoms with Crippen molar-refractivity contribution in [2.24, 2.45) is 10.9 Å². The summed E-state index contributed by atoms with van der Waals surface area (Å²) in [6, 6.07) is 10.5. The number of nitrogens with zero attached hydrogens (tertiary/aromatic N) is 2. The van der Waals surface area contributed by atoms with Gasteiger partial charge in [0.1, 0.15) is 11.3 Å². The Bertz CT molecular complexity index is 806. The van der Waals surface area contributed by atoms with Gasteiger partial charge in [-0.15, -0.1) is 24.0 Å². The molecule has 6 nitrogen and oxygen atoms in total. The molecule has 3 rings (SSSR count). The summed E-state index contributed by atoms with van der Waals surface area (Å²) < 4.78 is 5.88. The minimum Gasteiger partial charge on any atom is -0.461 e. The van der Waals surface area contributed by atoms with E-state index in [2.05, 4.69) is 43.5 Å². The third kappa shape index (κ3) is 7.12. The smallest absolute Gasteiger partial charge is 0.225 e. The van der Waals surface area contributed by atoms with Crippen LogP contribution >= 0.6 is 24.0 Å². The van der Waals surface area contributed by atoms with Crippen molar-refractivity contribution in [1.29, 1.82) is 0 Å². The summed E-state index contributed by atoms with van der Waals surface area (Å²) >= 11 is 0. The Morgan fingerprint density at radius 2 is 1.90 bits per heavy atom. The maximum absolute atomic E-state index is 12.6. The Kier molecular flexibility index (Phi) is 10.6. The number of piperidine rings is 1. The van der Waals surface area contributed by atoms with Crippen molar-refractivity contribution in [3.63, 3.8) is 0 Å². The van der Waals surface area contributed by atoms with Crippen LogP contribution in [-0.4, -0.2) is 49.0 Å². The van der Waals surface area contributed by atoms with E-state index in [0.29, 0.717) is 18.5 Å². The van der Waals surface area contributed by atoms with Gasteiger partial charge in [0, 0.05) is 49.9 Å². The first kappa shape index (κ1) is 25.5. The van der Waals surface area contributed by atoms with E-state index in [1.54, 1.807) is 0 Å². The molecule has 1 fully saturated rings. The summed E-state index contributed by atoms with van der Waals surface area (Å²) in [5.41, 5.74) is 0.927. The Labute approximate surface area is 203 Å². The fourth-order valence-corrected chi connectivity index (χ4v) is 4.09. The van der Waals surface area contributed by atoms with Crippen molar-refractivity contribution in [3.05, 3.63) is 36.1 Å². The van der Waals surface area contributed by atoms with Gasteiger partial charge in [-0.3, -0.25) is 9.79 Å². The number of fused-ring (bicyclic) bond motifs is 1. The summed E-state index contributed by atoms with van der Waals surface area (Å²) in [7, 11) is 0. The topological polar surface area (TPSA) is 69.9 Å². The van der Waals surface area contributed by atoms with E-state index >= 15 is 0 Å². The summed E-state index contributed by atoms with van der Waals surface area (Å²) in [4.78, 5) is 19.4. The number of hydrogen-bond donors (Lipinski definition) is 2. The number of amides is 1. The van der Waals surface area contributed by atoms with Crippen LogP contribution in [0.5, 0.6) is 0 Å². The molecule has 0 spiro atoms. The normalized spacial score (nSPS) is 15.2. The number of nitrogens with one attached hydrogen (secondary N) is 2. The highest BCUT2D eigenvalue weighted by atomic mass is 127. The molecule has 2 heterocycles. The standard InChI is InChI=1S/C24H36N4O2.HI/c1-4-18(5-2)23(29)28-15-12-20(13-16-28)27-24(25-6-3)26-14-11-21-17-19-9-7-8-10-22(19)30-21;/h7-10,17-18,20H,4-6,11-16H2,1-3H3,(H2,25,26,27);1H. The number of carbonyl (C=O) groups excluding carboxylic acids is 1. The van der Waals surface area contributed by atoms with Crippen LogP contribution in [0.1, 0.15) is 52.2 Å². The number of benzene rings is 1. The van der Waals surface area contributed by atoms with Gasteiger partial charge in [-0.25, -0.2) is 0 Å². The van der Waals surface area contributed by atoms with Crippen LogP contribution < -0.4 is 10.6 Å². The van der Waals surface area contributed by atoms with E-state index in [0.717, 1.165) is 74.4 Å². The minimum absolute atomic E-state index is 0. The molecule has 1 amide bonds. The average molecular weight is 540 g/mol. The quantitative estimate of drug-likeness (QED) is 0.292. The molecule has 0 radical (unpaired) electrons. The van der Waals surface area contributed by atoms with Crippen molar-refractivity contribution >= 4 is 46.8 Å². The van der Waals surface area contributed by atoms with Gasteiger partial charge < -0.3 is 20.0 Å². The second-order valence-corrected chi connectivity index (χ2v) is 8.02. The maximum Gasteiger partial charge on any atom is 0.225 e. The Hall–Kier alpha value is -1.77. The largest absolute Gasteiger partial charge is 0.461 e. The fraction of sp³-hybridized carbons (Fsp3) is 0.583. The lowest BCUT2D eigenvalue weighted by Gasteiger charge is -2.34. The van der Waals surface area contributed by atoms with Crippen LogP contribution in [0, 0.1) is 5.92 Å². The maximum atomic E-state index is 12.6. The number of aliphatic imine (C=N–C) groups is 1. The van der Waals surface area contributed by atoms with Gasteiger partial charge in [-0.2, -0.15) is 0 Å². The molecule has 172 valence electrons. The third-order valence-electron chi connectivity index (χ3n) is 5.93. The molecule has 2 aromatic rings. The average Bonchev–Trinajstić information content (AvgIpc) is 3.18. The van der Waals surface area contributed by atoms with Gasteiger partial charge in [0.05, 0.1) is 0 Å². The zero-order valence-corrected chi connectivity index (χ0v) is 21.4. The SMILES string of the molecule is CCNC(=NCCc1cc2ccccc2o1)NC1CCN(C(=O)C(CC)CC)CC1.I. The highest BCUT2D eigenvalue weighted by molar-refractivity contribution is 14.0. The molecule has 1 aromatic carbocycles. The summed E-state index contributed by atoms with van der Waals surface area (Å²) in [5.74, 6) is 2.30. The van der Waals surface area contributed by atoms with E-state index in [1.807, 2.05) is 23.1 Å². The van der Waals surface area contributed by atoms with E-state index in [1.165, 1.54) is 0 Å². The number of carbonyl (C=O) groups is 1. The van der Waals surface area contributed by atoms with Gasteiger partial charge in [0.25, 0.3) is 0 Å².